The number of amides is 3. The normalized spacial score (nSPS) is 18.3. The zero-order valence-corrected chi connectivity index (χ0v) is 13.0. The number of hydrogen-bond donors (Lipinski definition) is 1. The van der Waals surface area contributed by atoms with Crippen molar-refractivity contribution in [1.29, 1.82) is 0 Å². The van der Waals surface area contributed by atoms with Crippen LogP contribution in [0.3, 0.4) is 0 Å². The van der Waals surface area contributed by atoms with Crippen LogP contribution in [0.5, 0.6) is 0 Å². The van der Waals surface area contributed by atoms with Crippen molar-refractivity contribution < 1.29 is 14.0 Å². The van der Waals surface area contributed by atoms with Gasteiger partial charge in [-0.1, -0.05) is 23.2 Å². The highest BCUT2D eigenvalue weighted by molar-refractivity contribution is 6.35. The molecule has 0 aliphatic carbocycles. The first-order valence-corrected chi connectivity index (χ1v) is 6.96. The third-order valence-corrected chi connectivity index (χ3v) is 3.95. The fourth-order valence-corrected chi connectivity index (χ4v) is 2.69. The zero-order chi connectivity index (χ0) is 15.7. The molecule has 1 saturated heterocycles. The van der Waals surface area contributed by atoms with Gasteiger partial charge in [-0.3, -0.25) is 4.79 Å². The summed E-state index contributed by atoms with van der Waals surface area (Å²) in [5.74, 6) is -0.943. The zero-order valence-electron chi connectivity index (χ0n) is 11.5. The molecule has 0 radical (unpaired) electrons. The molecular formula is C13H14Cl2FN3O2. The molecule has 0 spiro atoms. The maximum Gasteiger partial charge on any atom is 0.320 e. The first-order valence-electron chi connectivity index (χ1n) is 6.20. The van der Waals surface area contributed by atoms with Crippen molar-refractivity contribution in [3.8, 4) is 0 Å². The number of nitrogens with zero attached hydrogens (tertiary/aromatic N) is 2. The van der Waals surface area contributed by atoms with E-state index in [1.165, 1.54) is 15.9 Å². The van der Waals surface area contributed by atoms with Crippen LogP contribution in [0.15, 0.2) is 12.1 Å². The van der Waals surface area contributed by atoms with Crippen molar-refractivity contribution in [2.24, 2.45) is 0 Å². The minimum atomic E-state index is -0.600. The van der Waals surface area contributed by atoms with Gasteiger partial charge in [0.25, 0.3) is 0 Å². The maximum atomic E-state index is 13.7. The summed E-state index contributed by atoms with van der Waals surface area (Å²) in [6, 6.07) is 1.71. The summed E-state index contributed by atoms with van der Waals surface area (Å²) < 4.78 is 13.7. The Hall–Kier alpha value is -1.53. The molecule has 1 heterocycles. The number of halogens is 3. The fraction of sp³-hybridized carbons (Fsp3) is 0.385. The Morgan fingerprint density at radius 3 is 2.62 bits per heavy atom. The van der Waals surface area contributed by atoms with Gasteiger partial charge >= 0.3 is 6.03 Å². The largest absolute Gasteiger partial charge is 0.350 e. The summed E-state index contributed by atoms with van der Waals surface area (Å²) in [5.41, 5.74) is 0.162. The molecule has 0 bridgehead atoms. The lowest BCUT2D eigenvalue weighted by Crippen LogP contribution is -2.43. The van der Waals surface area contributed by atoms with Gasteiger partial charge in [0, 0.05) is 36.2 Å². The first kappa shape index (κ1) is 15.9. The van der Waals surface area contributed by atoms with Crippen LogP contribution in [0.2, 0.25) is 10.0 Å². The number of carbonyl (C=O) groups is 2. The highest BCUT2D eigenvalue weighted by Crippen LogP contribution is 2.24. The Labute approximate surface area is 131 Å². The van der Waals surface area contributed by atoms with Gasteiger partial charge in [0.05, 0.1) is 6.54 Å². The van der Waals surface area contributed by atoms with Gasteiger partial charge in [0.15, 0.2) is 0 Å². The summed E-state index contributed by atoms with van der Waals surface area (Å²) >= 11 is 11.6. The summed E-state index contributed by atoms with van der Waals surface area (Å²) in [4.78, 5) is 26.5. The number of likely N-dealkylation sites (N-methyl/N-ethyl adjacent to an activating group) is 2. The van der Waals surface area contributed by atoms with Crippen LogP contribution in [0.4, 0.5) is 9.18 Å². The molecule has 1 N–H and O–H groups in total. The summed E-state index contributed by atoms with van der Waals surface area (Å²) in [7, 11) is 3.16. The van der Waals surface area contributed by atoms with Crippen LogP contribution >= 0.6 is 23.2 Å². The molecule has 5 nitrogen and oxygen atoms in total. The molecule has 0 aromatic heterocycles. The number of carbonyl (C=O) groups excluding carboxylic acids is 2. The van der Waals surface area contributed by atoms with E-state index in [-0.39, 0.29) is 40.6 Å². The molecular weight excluding hydrogens is 320 g/mol. The smallest absolute Gasteiger partial charge is 0.320 e. The molecule has 21 heavy (non-hydrogen) atoms. The predicted molar refractivity (Wildman–Crippen MR) is 77.8 cm³/mol. The van der Waals surface area contributed by atoms with Crippen molar-refractivity contribution in [1.82, 2.24) is 15.1 Å². The van der Waals surface area contributed by atoms with Crippen molar-refractivity contribution in [3.63, 3.8) is 0 Å². The highest BCUT2D eigenvalue weighted by atomic mass is 35.5. The Bertz CT molecular complexity index is 574. The number of hydrogen-bond acceptors (Lipinski definition) is 2. The SMILES string of the molecule is CN1CC(C(=O)NCc2c(F)cc(Cl)cc2Cl)N(C)C1=O. The Kier molecular flexibility index (Phi) is 4.58. The summed E-state index contributed by atoms with van der Waals surface area (Å²) in [6.07, 6.45) is 0. The molecule has 0 saturated carbocycles. The molecule has 1 aromatic rings. The number of urea groups is 1. The molecule has 1 unspecified atom stereocenters. The molecule has 114 valence electrons. The first-order chi connectivity index (χ1) is 9.81. The standard InChI is InChI=1S/C13H14Cl2FN3O2/c1-18-6-11(19(2)13(18)21)12(20)17-5-8-9(15)3-7(14)4-10(8)16/h3-4,11H,5-6H2,1-2H3,(H,17,20). The Morgan fingerprint density at radius 1 is 1.43 bits per heavy atom. The van der Waals surface area contributed by atoms with Gasteiger partial charge < -0.3 is 15.1 Å². The minimum Gasteiger partial charge on any atom is -0.350 e. The van der Waals surface area contributed by atoms with Gasteiger partial charge in [-0.05, 0) is 12.1 Å². The maximum absolute atomic E-state index is 13.7. The molecule has 3 amide bonds. The van der Waals surface area contributed by atoms with E-state index >= 15 is 0 Å². The quantitative estimate of drug-likeness (QED) is 0.921. The van der Waals surface area contributed by atoms with Crippen molar-refractivity contribution in [2.75, 3.05) is 20.6 Å². The molecule has 1 aliphatic heterocycles. The summed E-state index contributed by atoms with van der Waals surface area (Å²) in [5, 5.41) is 2.92. The van der Waals surface area contributed by atoms with E-state index in [1.54, 1.807) is 14.1 Å². The van der Waals surface area contributed by atoms with Crippen LogP contribution in [-0.4, -0.2) is 48.4 Å². The molecule has 1 atom stereocenters. The number of rotatable bonds is 3. The number of nitrogens with one attached hydrogen (secondary N) is 1. The predicted octanol–water partition coefficient (Wildman–Crippen LogP) is 2.11. The second-order valence-electron chi connectivity index (χ2n) is 4.86. The van der Waals surface area contributed by atoms with Crippen LogP contribution in [0.1, 0.15) is 5.56 Å². The average Bonchev–Trinajstić information content (AvgIpc) is 2.65. The van der Waals surface area contributed by atoms with Crippen LogP contribution in [-0.2, 0) is 11.3 Å². The van der Waals surface area contributed by atoms with E-state index in [9.17, 15) is 14.0 Å². The van der Waals surface area contributed by atoms with Crippen molar-refractivity contribution in [3.05, 3.63) is 33.6 Å². The topological polar surface area (TPSA) is 52.7 Å². The third kappa shape index (κ3) is 3.22. The molecule has 8 heteroatoms. The van der Waals surface area contributed by atoms with E-state index in [2.05, 4.69) is 5.32 Å². The summed E-state index contributed by atoms with van der Waals surface area (Å²) in [6.45, 7) is 0.223. The van der Waals surface area contributed by atoms with Gasteiger partial charge in [0.2, 0.25) is 5.91 Å². The van der Waals surface area contributed by atoms with Crippen LogP contribution in [0.25, 0.3) is 0 Å². The lowest BCUT2D eigenvalue weighted by molar-refractivity contribution is -0.124. The van der Waals surface area contributed by atoms with Crippen LogP contribution < -0.4 is 5.32 Å². The van der Waals surface area contributed by atoms with Crippen LogP contribution in [0, 0.1) is 5.82 Å². The molecule has 1 fully saturated rings. The van der Waals surface area contributed by atoms with Gasteiger partial charge in [-0.25, -0.2) is 9.18 Å². The fourth-order valence-electron chi connectivity index (χ4n) is 2.16. The van der Waals surface area contributed by atoms with Gasteiger partial charge in [0.1, 0.15) is 11.9 Å². The second kappa shape index (κ2) is 6.07. The van der Waals surface area contributed by atoms with Crippen molar-refractivity contribution >= 4 is 35.1 Å². The monoisotopic (exact) mass is 333 g/mol. The number of benzene rings is 1. The van der Waals surface area contributed by atoms with E-state index in [1.807, 2.05) is 0 Å². The molecule has 2 rings (SSSR count). The molecule has 1 aromatic carbocycles. The van der Waals surface area contributed by atoms with Crippen molar-refractivity contribution in [2.45, 2.75) is 12.6 Å². The average molecular weight is 334 g/mol. The Balaban J connectivity index is 2.04. The Morgan fingerprint density at radius 2 is 2.10 bits per heavy atom. The van der Waals surface area contributed by atoms with E-state index < -0.39 is 11.9 Å². The molecule has 1 aliphatic rings. The third-order valence-electron chi connectivity index (χ3n) is 3.39. The van der Waals surface area contributed by atoms with E-state index in [4.69, 9.17) is 23.2 Å². The highest BCUT2D eigenvalue weighted by Gasteiger charge is 2.36. The van der Waals surface area contributed by atoms with E-state index in [0.29, 0.717) is 0 Å². The minimum absolute atomic E-state index is 0.0666. The second-order valence-corrected chi connectivity index (χ2v) is 5.70. The van der Waals surface area contributed by atoms with Gasteiger partial charge in [-0.15, -0.1) is 0 Å². The van der Waals surface area contributed by atoms with E-state index in [0.717, 1.165) is 6.07 Å². The van der Waals surface area contributed by atoms with Gasteiger partial charge in [-0.2, -0.15) is 0 Å². The lowest BCUT2D eigenvalue weighted by atomic mass is 10.2. The lowest BCUT2D eigenvalue weighted by Gasteiger charge is -2.17.